The summed E-state index contributed by atoms with van der Waals surface area (Å²) < 4.78 is 5.93. The number of amides is 1. The lowest BCUT2D eigenvalue weighted by Gasteiger charge is -2.39. The Morgan fingerprint density at radius 2 is 1.96 bits per heavy atom. The van der Waals surface area contributed by atoms with E-state index in [4.69, 9.17) is 4.42 Å². The van der Waals surface area contributed by atoms with Gasteiger partial charge >= 0.3 is 0 Å². The van der Waals surface area contributed by atoms with Crippen LogP contribution < -0.4 is 0 Å². The molecule has 0 saturated carbocycles. The first kappa shape index (κ1) is 16.6. The second kappa shape index (κ2) is 7.16. The summed E-state index contributed by atoms with van der Waals surface area (Å²) in [5.74, 6) is 1.49. The van der Waals surface area contributed by atoms with Crippen LogP contribution in [0.5, 0.6) is 0 Å². The van der Waals surface area contributed by atoms with E-state index in [1.165, 1.54) is 12.8 Å². The molecule has 2 saturated heterocycles. The van der Waals surface area contributed by atoms with Crippen molar-refractivity contribution in [3.63, 3.8) is 0 Å². The molecular formula is C20H27N3O2. The minimum atomic E-state index is 0.0969. The highest BCUT2D eigenvalue weighted by Crippen LogP contribution is 2.31. The van der Waals surface area contributed by atoms with Crippen molar-refractivity contribution in [2.45, 2.75) is 51.0 Å². The highest BCUT2D eigenvalue weighted by Gasteiger charge is 2.34. The third-order valence-corrected chi connectivity index (χ3v) is 5.77. The Labute approximate surface area is 149 Å². The standard InChI is InChI=1S/C20H27N3O2/c1-2-22-12-6-5-8-17(22)20(24)23-13-10-15(11-14-23)19-21-16-7-3-4-9-18(16)25-19/h3-4,7,9,15,17H,2,5-6,8,10-14H2,1H3. The van der Waals surface area contributed by atoms with Gasteiger partial charge in [0.1, 0.15) is 5.52 Å². The normalized spacial score (nSPS) is 23.2. The van der Waals surface area contributed by atoms with Crippen molar-refractivity contribution < 1.29 is 9.21 Å². The van der Waals surface area contributed by atoms with Gasteiger partial charge in [-0.2, -0.15) is 0 Å². The number of oxazole rings is 1. The second-order valence-corrected chi connectivity index (χ2v) is 7.26. The Kier molecular flexibility index (Phi) is 4.75. The minimum absolute atomic E-state index is 0.0969. The molecule has 4 rings (SSSR count). The van der Waals surface area contributed by atoms with Crippen molar-refractivity contribution in [3.8, 4) is 0 Å². The van der Waals surface area contributed by atoms with Crippen molar-refractivity contribution in [3.05, 3.63) is 30.2 Å². The van der Waals surface area contributed by atoms with Crippen LogP contribution in [0.25, 0.3) is 11.1 Å². The zero-order valence-corrected chi connectivity index (χ0v) is 15.0. The first-order valence-electron chi connectivity index (χ1n) is 9.64. The third-order valence-electron chi connectivity index (χ3n) is 5.77. The molecule has 1 unspecified atom stereocenters. The van der Waals surface area contributed by atoms with Gasteiger partial charge in [-0.3, -0.25) is 9.69 Å². The minimum Gasteiger partial charge on any atom is -0.440 e. The molecule has 2 aliphatic heterocycles. The Balaban J connectivity index is 1.40. The molecule has 2 aliphatic rings. The fraction of sp³-hybridized carbons (Fsp3) is 0.600. The van der Waals surface area contributed by atoms with Crippen molar-refractivity contribution in [1.29, 1.82) is 0 Å². The molecule has 0 bridgehead atoms. The number of benzene rings is 1. The van der Waals surface area contributed by atoms with Crippen LogP contribution >= 0.6 is 0 Å². The molecule has 3 heterocycles. The van der Waals surface area contributed by atoms with Gasteiger partial charge in [0.2, 0.25) is 5.91 Å². The summed E-state index contributed by atoms with van der Waals surface area (Å²) in [4.78, 5) is 22.0. The van der Waals surface area contributed by atoms with E-state index in [0.717, 1.165) is 62.4 Å². The van der Waals surface area contributed by atoms with Crippen LogP contribution in [0.2, 0.25) is 0 Å². The average molecular weight is 341 g/mol. The monoisotopic (exact) mass is 341 g/mol. The highest BCUT2D eigenvalue weighted by atomic mass is 16.3. The van der Waals surface area contributed by atoms with Gasteiger partial charge in [0, 0.05) is 19.0 Å². The largest absolute Gasteiger partial charge is 0.440 e. The molecule has 0 spiro atoms. The van der Waals surface area contributed by atoms with Gasteiger partial charge in [-0.05, 0) is 50.9 Å². The van der Waals surface area contributed by atoms with Crippen LogP contribution in [0, 0.1) is 0 Å². The zero-order valence-electron chi connectivity index (χ0n) is 15.0. The number of hydrogen-bond donors (Lipinski definition) is 0. The predicted octanol–water partition coefficient (Wildman–Crippen LogP) is 3.41. The number of para-hydroxylation sites is 2. The summed E-state index contributed by atoms with van der Waals surface area (Å²) >= 11 is 0. The second-order valence-electron chi connectivity index (χ2n) is 7.26. The summed E-state index contributed by atoms with van der Waals surface area (Å²) in [5.41, 5.74) is 1.79. The van der Waals surface area contributed by atoms with Gasteiger partial charge in [-0.1, -0.05) is 25.5 Å². The molecule has 134 valence electrons. The van der Waals surface area contributed by atoms with E-state index in [1.54, 1.807) is 0 Å². The Hall–Kier alpha value is -1.88. The molecule has 2 fully saturated rings. The predicted molar refractivity (Wildman–Crippen MR) is 97.5 cm³/mol. The number of rotatable bonds is 3. The van der Waals surface area contributed by atoms with E-state index in [9.17, 15) is 4.79 Å². The first-order valence-corrected chi connectivity index (χ1v) is 9.64. The van der Waals surface area contributed by atoms with Gasteiger partial charge in [0.05, 0.1) is 6.04 Å². The van der Waals surface area contributed by atoms with Crippen LogP contribution in [0.1, 0.15) is 50.8 Å². The van der Waals surface area contributed by atoms with Crippen molar-refractivity contribution >= 4 is 17.0 Å². The quantitative estimate of drug-likeness (QED) is 0.858. The SMILES string of the molecule is CCN1CCCCC1C(=O)N1CCC(c2nc3ccccc3o2)CC1. The highest BCUT2D eigenvalue weighted by molar-refractivity contribution is 5.82. The van der Waals surface area contributed by atoms with E-state index in [1.807, 2.05) is 24.3 Å². The van der Waals surface area contributed by atoms with E-state index >= 15 is 0 Å². The summed E-state index contributed by atoms with van der Waals surface area (Å²) in [6.45, 7) is 5.82. The summed E-state index contributed by atoms with van der Waals surface area (Å²) in [6.07, 6.45) is 5.29. The van der Waals surface area contributed by atoms with E-state index < -0.39 is 0 Å². The van der Waals surface area contributed by atoms with Crippen LogP contribution in [0.15, 0.2) is 28.7 Å². The maximum Gasteiger partial charge on any atom is 0.239 e. The summed E-state index contributed by atoms with van der Waals surface area (Å²) in [7, 11) is 0. The average Bonchev–Trinajstić information content (AvgIpc) is 3.12. The van der Waals surface area contributed by atoms with Gasteiger partial charge < -0.3 is 9.32 Å². The third kappa shape index (κ3) is 3.30. The number of nitrogens with zero attached hydrogens (tertiary/aromatic N) is 3. The van der Waals surface area contributed by atoms with Crippen molar-refractivity contribution in [2.75, 3.05) is 26.2 Å². The molecule has 1 amide bonds. The number of piperidine rings is 2. The van der Waals surface area contributed by atoms with Crippen molar-refractivity contribution in [2.24, 2.45) is 0 Å². The smallest absolute Gasteiger partial charge is 0.239 e. The molecule has 2 aromatic rings. The molecule has 0 radical (unpaired) electrons. The maximum absolute atomic E-state index is 13.0. The number of aromatic nitrogens is 1. The number of likely N-dealkylation sites (N-methyl/N-ethyl adjacent to an activating group) is 1. The van der Waals surface area contributed by atoms with Gasteiger partial charge in [0.15, 0.2) is 11.5 Å². The van der Waals surface area contributed by atoms with Gasteiger partial charge in [0.25, 0.3) is 0 Å². The molecule has 25 heavy (non-hydrogen) atoms. The number of carbonyl (C=O) groups is 1. The molecule has 1 aromatic heterocycles. The zero-order chi connectivity index (χ0) is 17.2. The molecular weight excluding hydrogens is 314 g/mol. The Morgan fingerprint density at radius 1 is 1.16 bits per heavy atom. The van der Waals surface area contributed by atoms with Crippen LogP contribution in [-0.2, 0) is 4.79 Å². The van der Waals surface area contributed by atoms with Crippen LogP contribution in [-0.4, -0.2) is 52.9 Å². The van der Waals surface area contributed by atoms with Crippen LogP contribution in [0.3, 0.4) is 0 Å². The van der Waals surface area contributed by atoms with Gasteiger partial charge in [-0.25, -0.2) is 4.98 Å². The summed E-state index contributed by atoms with van der Waals surface area (Å²) in [5, 5.41) is 0. The first-order chi connectivity index (χ1) is 12.3. The topological polar surface area (TPSA) is 49.6 Å². The fourth-order valence-corrected chi connectivity index (χ4v) is 4.27. The Bertz CT molecular complexity index is 700. The molecule has 5 heteroatoms. The van der Waals surface area contributed by atoms with Crippen LogP contribution in [0.4, 0.5) is 0 Å². The molecule has 0 N–H and O–H groups in total. The number of carbonyl (C=O) groups excluding carboxylic acids is 1. The van der Waals surface area contributed by atoms with E-state index in [-0.39, 0.29) is 6.04 Å². The lowest BCUT2D eigenvalue weighted by Crippen LogP contribution is -2.52. The summed E-state index contributed by atoms with van der Waals surface area (Å²) in [6, 6.07) is 8.01. The molecule has 0 aliphatic carbocycles. The fourth-order valence-electron chi connectivity index (χ4n) is 4.27. The number of fused-ring (bicyclic) bond motifs is 1. The molecule has 1 atom stereocenters. The molecule has 1 aromatic carbocycles. The number of likely N-dealkylation sites (tertiary alicyclic amines) is 2. The maximum atomic E-state index is 13.0. The molecule has 5 nitrogen and oxygen atoms in total. The number of hydrogen-bond acceptors (Lipinski definition) is 4. The van der Waals surface area contributed by atoms with E-state index in [2.05, 4.69) is 21.7 Å². The lowest BCUT2D eigenvalue weighted by molar-refractivity contribution is -0.139. The lowest BCUT2D eigenvalue weighted by atomic mass is 9.94. The van der Waals surface area contributed by atoms with Gasteiger partial charge in [-0.15, -0.1) is 0 Å². The van der Waals surface area contributed by atoms with E-state index in [0.29, 0.717) is 11.8 Å². The van der Waals surface area contributed by atoms with Crippen molar-refractivity contribution in [1.82, 2.24) is 14.8 Å². The Morgan fingerprint density at radius 3 is 2.72 bits per heavy atom.